The first-order valence-electron chi connectivity index (χ1n) is 5.51. The number of carbonyl (C=O) groups is 1. The maximum atomic E-state index is 11.1. The van der Waals surface area contributed by atoms with Gasteiger partial charge in [-0.2, -0.15) is 0 Å². The highest BCUT2D eigenvalue weighted by Gasteiger charge is 2.25. The van der Waals surface area contributed by atoms with Gasteiger partial charge in [0.05, 0.1) is 0 Å². The molecule has 0 radical (unpaired) electrons. The van der Waals surface area contributed by atoms with Crippen molar-refractivity contribution in [2.75, 3.05) is 7.05 Å². The third-order valence-electron chi connectivity index (χ3n) is 3.08. The standard InChI is InChI=1S/C13H15NO2S/c1-8(12(14-2)13(15)16)10-7-17-11-6-4-3-5-9(10)11/h3-8,12,14H,1-2H3,(H,15,16)/t8-,12+/m0/s1. The van der Waals surface area contributed by atoms with Gasteiger partial charge in [0.2, 0.25) is 0 Å². The molecule has 2 N–H and O–H groups in total. The van der Waals surface area contributed by atoms with Crippen LogP contribution in [0, 0.1) is 0 Å². The highest BCUT2D eigenvalue weighted by Crippen LogP contribution is 2.32. The van der Waals surface area contributed by atoms with Crippen molar-refractivity contribution in [1.82, 2.24) is 5.32 Å². The Hall–Kier alpha value is -1.39. The minimum atomic E-state index is -0.810. The number of fused-ring (bicyclic) bond motifs is 1. The van der Waals surface area contributed by atoms with Crippen LogP contribution in [-0.2, 0) is 4.79 Å². The monoisotopic (exact) mass is 249 g/mol. The van der Waals surface area contributed by atoms with E-state index in [2.05, 4.69) is 16.8 Å². The molecule has 90 valence electrons. The maximum Gasteiger partial charge on any atom is 0.321 e. The van der Waals surface area contributed by atoms with Crippen LogP contribution >= 0.6 is 11.3 Å². The summed E-state index contributed by atoms with van der Waals surface area (Å²) in [7, 11) is 1.68. The third-order valence-corrected chi connectivity index (χ3v) is 4.06. The molecule has 1 aromatic carbocycles. The van der Waals surface area contributed by atoms with Crippen molar-refractivity contribution in [3.05, 3.63) is 35.2 Å². The van der Waals surface area contributed by atoms with E-state index in [0.29, 0.717) is 0 Å². The van der Waals surface area contributed by atoms with Crippen molar-refractivity contribution in [2.24, 2.45) is 0 Å². The normalized spacial score (nSPS) is 14.7. The molecule has 0 spiro atoms. The van der Waals surface area contributed by atoms with Gasteiger partial charge in [-0.25, -0.2) is 0 Å². The molecule has 2 rings (SSSR count). The lowest BCUT2D eigenvalue weighted by atomic mass is 9.93. The van der Waals surface area contributed by atoms with E-state index in [-0.39, 0.29) is 5.92 Å². The van der Waals surface area contributed by atoms with E-state index in [1.54, 1.807) is 18.4 Å². The summed E-state index contributed by atoms with van der Waals surface area (Å²) in [5.41, 5.74) is 1.10. The van der Waals surface area contributed by atoms with Gasteiger partial charge in [-0.3, -0.25) is 4.79 Å². The molecule has 17 heavy (non-hydrogen) atoms. The van der Waals surface area contributed by atoms with Crippen LogP contribution in [0.1, 0.15) is 18.4 Å². The molecular weight excluding hydrogens is 234 g/mol. The van der Waals surface area contributed by atoms with Crippen LogP contribution in [0.5, 0.6) is 0 Å². The molecule has 1 aromatic heterocycles. The lowest BCUT2D eigenvalue weighted by Crippen LogP contribution is -2.38. The number of carboxylic acids is 1. The number of aliphatic carboxylic acids is 1. The lowest BCUT2D eigenvalue weighted by Gasteiger charge is -2.19. The Bertz CT molecular complexity index is 535. The molecule has 0 saturated carbocycles. The van der Waals surface area contributed by atoms with Gasteiger partial charge in [0, 0.05) is 10.6 Å². The van der Waals surface area contributed by atoms with Gasteiger partial charge >= 0.3 is 5.97 Å². The van der Waals surface area contributed by atoms with Crippen molar-refractivity contribution in [1.29, 1.82) is 0 Å². The summed E-state index contributed by atoms with van der Waals surface area (Å²) < 4.78 is 1.20. The topological polar surface area (TPSA) is 49.3 Å². The Balaban J connectivity index is 2.42. The van der Waals surface area contributed by atoms with E-state index in [9.17, 15) is 4.79 Å². The third kappa shape index (κ3) is 2.18. The average molecular weight is 249 g/mol. The Labute approximate surface area is 104 Å². The van der Waals surface area contributed by atoms with Crippen molar-refractivity contribution < 1.29 is 9.90 Å². The van der Waals surface area contributed by atoms with Crippen molar-refractivity contribution >= 4 is 27.4 Å². The molecule has 2 atom stereocenters. The van der Waals surface area contributed by atoms with Crippen molar-refractivity contribution in [2.45, 2.75) is 18.9 Å². The zero-order valence-corrected chi connectivity index (χ0v) is 10.6. The van der Waals surface area contributed by atoms with Crippen LogP contribution in [0.2, 0.25) is 0 Å². The molecule has 0 unspecified atom stereocenters. The van der Waals surface area contributed by atoms with Crippen LogP contribution in [0.3, 0.4) is 0 Å². The quantitative estimate of drug-likeness (QED) is 0.876. The second-order valence-electron chi connectivity index (χ2n) is 4.08. The molecule has 1 heterocycles. The van der Waals surface area contributed by atoms with Crippen molar-refractivity contribution in [3.63, 3.8) is 0 Å². The predicted octanol–water partition coefficient (Wildman–Crippen LogP) is 2.68. The van der Waals surface area contributed by atoms with Crippen LogP contribution in [-0.4, -0.2) is 24.2 Å². The number of rotatable bonds is 4. The summed E-state index contributed by atoms with van der Waals surface area (Å²) in [5, 5.41) is 15.2. The number of benzene rings is 1. The number of thiophene rings is 1. The number of nitrogens with one attached hydrogen (secondary N) is 1. The van der Waals surface area contributed by atoms with Crippen molar-refractivity contribution in [3.8, 4) is 0 Å². The lowest BCUT2D eigenvalue weighted by molar-refractivity contribution is -0.139. The molecular formula is C13H15NO2S. The smallest absolute Gasteiger partial charge is 0.321 e. The van der Waals surface area contributed by atoms with Crippen LogP contribution in [0.25, 0.3) is 10.1 Å². The Morgan fingerprint density at radius 1 is 1.41 bits per heavy atom. The van der Waals surface area contributed by atoms with Gasteiger partial charge in [0.15, 0.2) is 0 Å². The summed E-state index contributed by atoms with van der Waals surface area (Å²) >= 11 is 1.66. The summed E-state index contributed by atoms with van der Waals surface area (Å²) in [6.45, 7) is 1.95. The second kappa shape index (κ2) is 4.85. The molecule has 0 aliphatic rings. The molecule has 0 aliphatic heterocycles. The summed E-state index contributed by atoms with van der Waals surface area (Å²) in [4.78, 5) is 11.1. The van der Waals surface area contributed by atoms with Gasteiger partial charge in [0.1, 0.15) is 6.04 Å². The number of hydrogen-bond acceptors (Lipinski definition) is 3. The van der Waals surface area contributed by atoms with Gasteiger partial charge in [-0.05, 0) is 29.4 Å². The van der Waals surface area contributed by atoms with E-state index in [1.165, 1.54) is 4.70 Å². The fourth-order valence-electron chi connectivity index (χ4n) is 2.12. The Morgan fingerprint density at radius 2 is 2.12 bits per heavy atom. The first-order chi connectivity index (χ1) is 8.15. The molecule has 0 fully saturated rings. The van der Waals surface area contributed by atoms with Crippen LogP contribution in [0.4, 0.5) is 0 Å². The zero-order valence-electron chi connectivity index (χ0n) is 9.81. The SMILES string of the molecule is CN[C@@H](C(=O)O)[C@@H](C)c1csc2ccccc12. The largest absolute Gasteiger partial charge is 0.480 e. The Kier molecular flexibility index (Phi) is 3.45. The average Bonchev–Trinajstić information content (AvgIpc) is 2.72. The second-order valence-corrected chi connectivity index (χ2v) is 4.99. The summed E-state index contributed by atoms with van der Waals surface area (Å²) in [6.07, 6.45) is 0. The number of likely N-dealkylation sites (N-methyl/N-ethyl adjacent to an activating group) is 1. The van der Waals surface area contributed by atoms with E-state index >= 15 is 0 Å². The molecule has 0 aliphatic carbocycles. The molecule has 4 heteroatoms. The first-order valence-corrected chi connectivity index (χ1v) is 6.39. The fraction of sp³-hybridized carbons (Fsp3) is 0.308. The van der Waals surface area contributed by atoms with E-state index in [1.807, 2.05) is 25.1 Å². The number of hydrogen-bond donors (Lipinski definition) is 2. The van der Waals surface area contributed by atoms with E-state index in [4.69, 9.17) is 5.11 Å². The first kappa shape index (κ1) is 12.1. The van der Waals surface area contributed by atoms with E-state index in [0.717, 1.165) is 10.9 Å². The Morgan fingerprint density at radius 3 is 2.76 bits per heavy atom. The van der Waals surface area contributed by atoms with Crippen LogP contribution < -0.4 is 5.32 Å². The minimum absolute atomic E-state index is 0.0475. The predicted molar refractivity (Wildman–Crippen MR) is 70.7 cm³/mol. The van der Waals surface area contributed by atoms with Gasteiger partial charge in [0.25, 0.3) is 0 Å². The van der Waals surface area contributed by atoms with Gasteiger partial charge < -0.3 is 10.4 Å². The minimum Gasteiger partial charge on any atom is -0.480 e. The zero-order chi connectivity index (χ0) is 12.4. The molecule has 2 aromatic rings. The summed E-state index contributed by atoms with van der Waals surface area (Å²) in [6, 6.07) is 7.55. The summed E-state index contributed by atoms with van der Waals surface area (Å²) in [5.74, 6) is -0.857. The maximum absolute atomic E-state index is 11.1. The van der Waals surface area contributed by atoms with Gasteiger partial charge in [-0.1, -0.05) is 25.1 Å². The highest BCUT2D eigenvalue weighted by atomic mass is 32.1. The van der Waals surface area contributed by atoms with E-state index < -0.39 is 12.0 Å². The van der Waals surface area contributed by atoms with Gasteiger partial charge in [-0.15, -0.1) is 11.3 Å². The molecule has 0 bridgehead atoms. The fourth-order valence-corrected chi connectivity index (χ4v) is 3.18. The highest BCUT2D eigenvalue weighted by molar-refractivity contribution is 7.17. The van der Waals surface area contributed by atoms with Crippen LogP contribution in [0.15, 0.2) is 29.6 Å². The molecule has 0 saturated heterocycles. The molecule has 0 amide bonds. The number of carboxylic acid groups (broad SMARTS) is 1. The molecule has 3 nitrogen and oxygen atoms in total.